The maximum Gasteiger partial charge on any atom is 0.266 e. The lowest BCUT2D eigenvalue weighted by Crippen LogP contribution is -2.23. The predicted octanol–water partition coefficient (Wildman–Crippen LogP) is 4.78. The fraction of sp³-hybridized carbons (Fsp3) is 0.130. The van der Waals surface area contributed by atoms with E-state index in [4.69, 9.17) is 11.6 Å². The van der Waals surface area contributed by atoms with E-state index in [0.29, 0.717) is 21.7 Å². The number of aromatic nitrogens is 3. The third kappa shape index (κ3) is 4.62. The quantitative estimate of drug-likeness (QED) is 0.269. The summed E-state index contributed by atoms with van der Waals surface area (Å²) in [5, 5.41) is 3.93. The molecule has 0 aliphatic carbocycles. The minimum Gasteiger partial charge on any atom is -0.323 e. The van der Waals surface area contributed by atoms with Crippen molar-refractivity contribution in [2.75, 3.05) is 11.1 Å². The number of rotatable bonds is 5. The molecule has 0 aliphatic heterocycles. The Morgan fingerprint density at radius 1 is 1.10 bits per heavy atom. The van der Waals surface area contributed by atoms with Crippen molar-refractivity contribution in [2.45, 2.75) is 19.0 Å². The average molecular weight is 451 g/mol. The molecule has 0 spiro atoms. The van der Waals surface area contributed by atoms with Crippen LogP contribution in [-0.2, 0) is 4.79 Å². The van der Waals surface area contributed by atoms with E-state index in [1.165, 1.54) is 11.8 Å². The largest absolute Gasteiger partial charge is 0.323 e. The molecule has 31 heavy (non-hydrogen) atoms. The highest BCUT2D eigenvalue weighted by Crippen LogP contribution is 2.24. The van der Waals surface area contributed by atoms with Crippen LogP contribution in [0.1, 0.15) is 11.1 Å². The zero-order chi connectivity index (χ0) is 22.0. The van der Waals surface area contributed by atoms with Crippen LogP contribution in [0.2, 0.25) is 5.15 Å². The van der Waals surface area contributed by atoms with Crippen LogP contribution in [0.25, 0.3) is 16.6 Å². The first-order valence-electron chi connectivity index (χ1n) is 9.56. The van der Waals surface area contributed by atoms with E-state index in [0.717, 1.165) is 16.8 Å². The number of amides is 1. The molecule has 1 amide bonds. The van der Waals surface area contributed by atoms with Gasteiger partial charge in [-0.1, -0.05) is 41.6 Å². The van der Waals surface area contributed by atoms with Crippen molar-refractivity contribution in [1.29, 1.82) is 0 Å². The van der Waals surface area contributed by atoms with Gasteiger partial charge in [-0.3, -0.25) is 14.2 Å². The number of benzene rings is 2. The molecule has 0 bridgehead atoms. The van der Waals surface area contributed by atoms with Crippen LogP contribution in [0.3, 0.4) is 0 Å². The van der Waals surface area contributed by atoms with Crippen molar-refractivity contribution >= 4 is 45.9 Å². The number of halogens is 1. The zero-order valence-corrected chi connectivity index (χ0v) is 18.5. The number of aryl methyl sites for hydroxylation is 2. The molecule has 0 atom stereocenters. The number of fused-ring (bicyclic) bond motifs is 1. The van der Waals surface area contributed by atoms with E-state index in [9.17, 15) is 9.59 Å². The maximum atomic E-state index is 13.3. The van der Waals surface area contributed by atoms with Gasteiger partial charge in [0, 0.05) is 6.20 Å². The normalized spacial score (nSPS) is 10.9. The second kappa shape index (κ2) is 8.91. The lowest BCUT2D eigenvalue weighted by atomic mass is 10.1. The Hall–Kier alpha value is -3.16. The summed E-state index contributed by atoms with van der Waals surface area (Å²) in [7, 11) is 0. The van der Waals surface area contributed by atoms with Gasteiger partial charge in [-0.25, -0.2) is 9.97 Å². The Balaban J connectivity index is 1.71. The average Bonchev–Trinajstić information content (AvgIpc) is 2.73. The fourth-order valence-electron chi connectivity index (χ4n) is 3.31. The number of thioether (sulfide) groups is 1. The second-order valence-electron chi connectivity index (χ2n) is 7.08. The summed E-state index contributed by atoms with van der Waals surface area (Å²) >= 11 is 7.21. The molecule has 0 aliphatic rings. The molecule has 0 fully saturated rings. The molecule has 2 aromatic carbocycles. The van der Waals surface area contributed by atoms with E-state index in [-0.39, 0.29) is 22.4 Å². The van der Waals surface area contributed by atoms with E-state index in [1.54, 1.807) is 35.0 Å². The molecule has 156 valence electrons. The van der Waals surface area contributed by atoms with Crippen molar-refractivity contribution in [1.82, 2.24) is 14.5 Å². The molecule has 0 unspecified atom stereocenters. The standard InChI is InChI=1S/C23H19ClN4O2S/c1-14-10-15(2)12-16(11-14)28-22(30)17-6-3-4-7-18(17)27-23(28)31-13-20(29)26-19-8-5-9-25-21(19)24/h3-12H,13H2,1-2H3,(H,26,29). The summed E-state index contributed by atoms with van der Waals surface area (Å²) in [5.41, 5.74) is 3.65. The molecule has 2 heterocycles. The summed E-state index contributed by atoms with van der Waals surface area (Å²) in [4.78, 5) is 34.5. The minimum atomic E-state index is -0.269. The summed E-state index contributed by atoms with van der Waals surface area (Å²) < 4.78 is 1.57. The van der Waals surface area contributed by atoms with Crippen LogP contribution in [0.5, 0.6) is 0 Å². The van der Waals surface area contributed by atoms with Crippen LogP contribution in [0.4, 0.5) is 5.69 Å². The van der Waals surface area contributed by atoms with E-state index in [1.807, 2.05) is 44.2 Å². The second-order valence-corrected chi connectivity index (χ2v) is 8.38. The van der Waals surface area contributed by atoms with Gasteiger partial charge in [0.25, 0.3) is 5.56 Å². The monoisotopic (exact) mass is 450 g/mol. The van der Waals surface area contributed by atoms with Gasteiger partial charge in [-0.05, 0) is 61.4 Å². The fourth-order valence-corrected chi connectivity index (χ4v) is 4.29. The number of anilines is 1. The van der Waals surface area contributed by atoms with Gasteiger partial charge >= 0.3 is 0 Å². The van der Waals surface area contributed by atoms with Crippen molar-refractivity contribution < 1.29 is 4.79 Å². The number of nitrogens with one attached hydrogen (secondary N) is 1. The smallest absolute Gasteiger partial charge is 0.266 e. The van der Waals surface area contributed by atoms with Crippen molar-refractivity contribution in [3.05, 3.63) is 87.4 Å². The summed E-state index contributed by atoms with van der Waals surface area (Å²) in [6, 6.07) is 16.5. The molecule has 1 N–H and O–H groups in total. The highest BCUT2D eigenvalue weighted by molar-refractivity contribution is 7.99. The van der Waals surface area contributed by atoms with Gasteiger partial charge in [0.2, 0.25) is 5.91 Å². The summed E-state index contributed by atoms with van der Waals surface area (Å²) in [6.07, 6.45) is 1.55. The van der Waals surface area contributed by atoms with Gasteiger partial charge in [0.1, 0.15) is 0 Å². The predicted molar refractivity (Wildman–Crippen MR) is 125 cm³/mol. The summed E-state index contributed by atoms with van der Waals surface area (Å²) in [5.74, 6) is -0.213. The van der Waals surface area contributed by atoms with Crippen LogP contribution >= 0.6 is 23.4 Å². The highest BCUT2D eigenvalue weighted by atomic mass is 35.5. The number of carbonyl (C=O) groups is 1. The topological polar surface area (TPSA) is 76.9 Å². The number of para-hydroxylation sites is 1. The van der Waals surface area contributed by atoms with Gasteiger partial charge < -0.3 is 5.32 Å². The van der Waals surface area contributed by atoms with Crippen molar-refractivity contribution in [3.8, 4) is 5.69 Å². The third-order valence-corrected chi connectivity index (χ3v) is 5.81. The molecular formula is C23H19ClN4O2S. The van der Waals surface area contributed by atoms with E-state index in [2.05, 4.69) is 15.3 Å². The number of hydrogen-bond acceptors (Lipinski definition) is 5. The molecule has 4 rings (SSSR count). The minimum absolute atomic E-state index is 0.0564. The Bertz CT molecular complexity index is 1330. The Kier molecular flexibility index (Phi) is 6.06. The van der Waals surface area contributed by atoms with E-state index >= 15 is 0 Å². The first kappa shape index (κ1) is 21.1. The van der Waals surface area contributed by atoms with Crippen LogP contribution in [0, 0.1) is 13.8 Å². The maximum absolute atomic E-state index is 13.3. The van der Waals surface area contributed by atoms with Gasteiger partial charge in [-0.2, -0.15) is 0 Å². The molecule has 0 saturated heterocycles. The number of nitrogens with zero attached hydrogens (tertiary/aromatic N) is 3. The molecule has 0 saturated carbocycles. The third-order valence-electron chi connectivity index (χ3n) is 4.58. The Labute approximate surface area is 188 Å². The van der Waals surface area contributed by atoms with Gasteiger partial charge in [0.05, 0.1) is 28.0 Å². The van der Waals surface area contributed by atoms with Crippen LogP contribution in [-0.4, -0.2) is 26.2 Å². The highest BCUT2D eigenvalue weighted by Gasteiger charge is 2.16. The molecule has 8 heteroatoms. The lowest BCUT2D eigenvalue weighted by Gasteiger charge is -2.14. The first-order chi connectivity index (χ1) is 14.9. The molecule has 2 aromatic heterocycles. The molecular weight excluding hydrogens is 432 g/mol. The van der Waals surface area contributed by atoms with Crippen molar-refractivity contribution in [2.24, 2.45) is 0 Å². The SMILES string of the molecule is Cc1cc(C)cc(-n2c(SCC(=O)Nc3cccnc3Cl)nc3ccccc3c2=O)c1. The number of pyridine rings is 1. The van der Waals surface area contributed by atoms with Gasteiger partial charge in [0.15, 0.2) is 10.3 Å². The van der Waals surface area contributed by atoms with Gasteiger partial charge in [-0.15, -0.1) is 0 Å². The zero-order valence-electron chi connectivity index (χ0n) is 16.9. The summed E-state index contributed by atoms with van der Waals surface area (Å²) in [6.45, 7) is 3.96. The Morgan fingerprint density at radius 3 is 2.58 bits per heavy atom. The first-order valence-corrected chi connectivity index (χ1v) is 10.9. The van der Waals surface area contributed by atoms with Crippen LogP contribution in [0.15, 0.2) is 70.7 Å². The molecule has 4 aromatic rings. The number of hydrogen-bond donors (Lipinski definition) is 1. The Morgan fingerprint density at radius 2 is 1.84 bits per heavy atom. The van der Waals surface area contributed by atoms with E-state index < -0.39 is 0 Å². The lowest BCUT2D eigenvalue weighted by molar-refractivity contribution is -0.113. The molecule has 6 nitrogen and oxygen atoms in total. The van der Waals surface area contributed by atoms with Crippen LogP contribution < -0.4 is 10.9 Å². The molecule has 0 radical (unpaired) electrons. The number of carbonyl (C=O) groups excluding carboxylic acids is 1. The van der Waals surface area contributed by atoms with Crippen molar-refractivity contribution in [3.63, 3.8) is 0 Å².